The highest BCUT2D eigenvalue weighted by Gasteiger charge is 2.38. The minimum absolute atomic E-state index is 0.121. The monoisotopic (exact) mass is 297 g/mol. The van der Waals surface area contributed by atoms with E-state index in [0.29, 0.717) is 18.9 Å². The van der Waals surface area contributed by atoms with Crippen molar-refractivity contribution in [2.75, 3.05) is 26.7 Å². The van der Waals surface area contributed by atoms with E-state index >= 15 is 0 Å². The van der Waals surface area contributed by atoms with Crippen LogP contribution in [0.3, 0.4) is 0 Å². The van der Waals surface area contributed by atoms with Crippen molar-refractivity contribution in [3.05, 3.63) is 0 Å². The summed E-state index contributed by atoms with van der Waals surface area (Å²) in [6, 6.07) is -0.568. The molecule has 0 aromatic carbocycles. The standard InChI is InChI=1S/C15H27N3O3/c1-3-11-6-9-18(13(10-11)14(19)20)15(21)17(2)12-4-7-16-8-5-12/h11-13,16H,3-10H2,1-2H3,(H,19,20). The van der Waals surface area contributed by atoms with Gasteiger partial charge in [0.25, 0.3) is 0 Å². The van der Waals surface area contributed by atoms with Crippen molar-refractivity contribution < 1.29 is 14.7 Å². The number of rotatable bonds is 3. The highest BCUT2D eigenvalue weighted by molar-refractivity contribution is 5.83. The summed E-state index contributed by atoms with van der Waals surface area (Å²) < 4.78 is 0. The minimum Gasteiger partial charge on any atom is -0.480 e. The molecule has 2 saturated heterocycles. The molecule has 2 aliphatic heterocycles. The summed E-state index contributed by atoms with van der Waals surface area (Å²) in [6.07, 6.45) is 4.34. The Labute approximate surface area is 126 Å². The third-order valence-electron chi connectivity index (χ3n) is 4.98. The second-order valence-electron chi connectivity index (χ2n) is 6.22. The number of urea groups is 1. The van der Waals surface area contributed by atoms with E-state index in [-0.39, 0.29) is 12.1 Å². The Kier molecular flexibility index (Phi) is 5.45. The van der Waals surface area contributed by atoms with E-state index in [4.69, 9.17) is 0 Å². The van der Waals surface area contributed by atoms with Crippen LogP contribution in [-0.4, -0.2) is 65.7 Å². The molecular weight excluding hydrogens is 270 g/mol. The Morgan fingerprint density at radius 2 is 1.95 bits per heavy atom. The molecule has 0 bridgehead atoms. The van der Waals surface area contributed by atoms with Gasteiger partial charge in [-0.15, -0.1) is 0 Å². The van der Waals surface area contributed by atoms with Gasteiger partial charge >= 0.3 is 12.0 Å². The average molecular weight is 297 g/mol. The quantitative estimate of drug-likeness (QED) is 0.825. The number of nitrogens with zero attached hydrogens (tertiary/aromatic N) is 2. The molecule has 2 heterocycles. The van der Waals surface area contributed by atoms with Crippen LogP contribution in [0.5, 0.6) is 0 Å². The largest absolute Gasteiger partial charge is 0.480 e. The number of carboxylic acid groups (broad SMARTS) is 1. The summed E-state index contributed by atoms with van der Waals surface area (Å²) in [5, 5.41) is 12.7. The molecule has 0 aromatic heterocycles. The van der Waals surface area contributed by atoms with E-state index < -0.39 is 12.0 Å². The molecule has 2 N–H and O–H groups in total. The predicted molar refractivity (Wildman–Crippen MR) is 80.2 cm³/mol. The lowest BCUT2D eigenvalue weighted by Gasteiger charge is -2.41. The van der Waals surface area contributed by atoms with E-state index in [9.17, 15) is 14.7 Å². The van der Waals surface area contributed by atoms with Gasteiger partial charge in [0, 0.05) is 19.6 Å². The lowest BCUT2D eigenvalue weighted by atomic mass is 9.89. The van der Waals surface area contributed by atoms with E-state index in [1.807, 2.05) is 7.05 Å². The summed E-state index contributed by atoms with van der Waals surface area (Å²) in [5.41, 5.74) is 0. The van der Waals surface area contributed by atoms with Gasteiger partial charge in [0.2, 0.25) is 0 Å². The Hall–Kier alpha value is -1.30. The van der Waals surface area contributed by atoms with E-state index in [1.165, 1.54) is 0 Å². The minimum atomic E-state index is -0.875. The van der Waals surface area contributed by atoms with Crippen molar-refractivity contribution >= 4 is 12.0 Å². The van der Waals surface area contributed by atoms with Gasteiger partial charge in [-0.25, -0.2) is 9.59 Å². The smallest absolute Gasteiger partial charge is 0.326 e. The first-order valence-electron chi connectivity index (χ1n) is 8.01. The van der Waals surface area contributed by atoms with Crippen LogP contribution in [0.4, 0.5) is 4.79 Å². The van der Waals surface area contributed by atoms with Crippen LogP contribution in [0, 0.1) is 5.92 Å². The lowest BCUT2D eigenvalue weighted by molar-refractivity contribution is -0.144. The molecular formula is C15H27N3O3. The van der Waals surface area contributed by atoms with Crippen LogP contribution in [0.1, 0.15) is 39.0 Å². The van der Waals surface area contributed by atoms with Crippen molar-refractivity contribution in [1.29, 1.82) is 0 Å². The SMILES string of the molecule is CCC1CCN(C(=O)N(C)C2CCNCC2)C(C(=O)O)C1. The number of carboxylic acids is 1. The number of amides is 2. The van der Waals surface area contributed by atoms with Gasteiger partial charge in [0.15, 0.2) is 0 Å². The first-order chi connectivity index (χ1) is 10.0. The third-order valence-corrected chi connectivity index (χ3v) is 4.98. The molecule has 120 valence electrons. The predicted octanol–water partition coefficient (Wildman–Crippen LogP) is 1.37. The molecule has 0 saturated carbocycles. The van der Waals surface area contributed by atoms with Gasteiger partial charge in [0.1, 0.15) is 6.04 Å². The molecule has 2 aliphatic rings. The molecule has 6 heteroatoms. The lowest BCUT2D eigenvalue weighted by Crippen LogP contribution is -2.56. The Morgan fingerprint density at radius 3 is 2.52 bits per heavy atom. The number of likely N-dealkylation sites (tertiary alicyclic amines) is 1. The van der Waals surface area contributed by atoms with Crippen LogP contribution in [0.2, 0.25) is 0 Å². The number of carbonyl (C=O) groups is 2. The normalized spacial score (nSPS) is 27.4. The molecule has 2 amide bonds. The third kappa shape index (κ3) is 3.67. The maximum absolute atomic E-state index is 12.7. The number of carbonyl (C=O) groups excluding carboxylic acids is 1. The second-order valence-corrected chi connectivity index (χ2v) is 6.22. The molecule has 2 rings (SSSR count). The zero-order chi connectivity index (χ0) is 15.4. The summed E-state index contributed by atoms with van der Waals surface area (Å²) in [5.74, 6) is -0.459. The molecule has 21 heavy (non-hydrogen) atoms. The average Bonchev–Trinajstić information content (AvgIpc) is 2.53. The van der Waals surface area contributed by atoms with Crippen molar-refractivity contribution in [3.8, 4) is 0 Å². The molecule has 0 spiro atoms. The highest BCUT2D eigenvalue weighted by Crippen LogP contribution is 2.27. The molecule has 2 fully saturated rings. The first-order valence-corrected chi connectivity index (χ1v) is 8.01. The molecule has 2 unspecified atom stereocenters. The number of nitrogens with one attached hydrogen (secondary N) is 1. The molecule has 0 aromatic rings. The number of aliphatic carboxylic acids is 1. The van der Waals surface area contributed by atoms with E-state index in [1.54, 1.807) is 9.80 Å². The highest BCUT2D eigenvalue weighted by atomic mass is 16.4. The number of hydrogen-bond donors (Lipinski definition) is 2. The molecule has 2 atom stereocenters. The van der Waals surface area contributed by atoms with Crippen LogP contribution >= 0.6 is 0 Å². The zero-order valence-electron chi connectivity index (χ0n) is 13.0. The van der Waals surface area contributed by atoms with Crippen molar-refractivity contribution in [1.82, 2.24) is 15.1 Å². The van der Waals surface area contributed by atoms with Crippen LogP contribution in [0.15, 0.2) is 0 Å². The van der Waals surface area contributed by atoms with Crippen LogP contribution < -0.4 is 5.32 Å². The number of piperidine rings is 2. The van der Waals surface area contributed by atoms with Gasteiger partial charge in [-0.3, -0.25) is 0 Å². The fraction of sp³-hybridized carbons (Fsp3) is 0.867. The van der Waals surface area contributed by atoms with Gasteiger partial charge in [-0.1, -0.05) is 13.3 Å². The Bertz CT molecular complexity index is 382. The van der Waals surface area contributed by atoms with E-state index in [2.05, 4.69) is 12.2 Å². The second kappa shape index (κ2) is 7.11. The first kappa shape index (κ1) is 16.1. The fourth-order valence-electron chi connectivity index (χ4n) is 3.42. The summed E-state index contributed by atoms with van der Waals surface area (Å²) >= 11 is 0. The van der Waals surface area contributed by atoms with Crippen LogP contribution in [0.25, 0.3) is 0 Å². The van der Waals surface area contributed by atoms with Crippen LogP contribution in [-0.2, 0) is 4.79 Å². The zero-order valence-corrected chi connectivity index (χ0v) is 13.0. The fourth-order valence-corrected chi connectivity index (χ4v) is 3.42. The van der Waals surface area contributed by atoms with Crippen molar-refractivity contribution in [2.24, 2.45) is 5.92 Å². The van der Waals surface area contributed by atoms with Gasteiger partial charge in [-0.2, -0.15) is 0 Å². The molecule has 6 nitrogen and oxygen atoms in total. The Balaban J connectivity index is 2.03. The maximum atomic E-state index is 12.7. The topological polar surface area (TPSA) is 72.9 Å². The van der Waals surface area contributed by atoms with Gasteiger partial charge in [0.05, 0.1) is 0 Å². The van der Waals surface area contributed by atoms with Crippen molar-refractivity contribution in [2.45, 2.75) is 51.1 Å². The summed E-state index contributed by atoms with van der Waals surface area (Å²) in [6.45, 7) is 4.48. The van der Waals surface area contributed by atoms with E-state index in [0.717, 1.165) is 38.8 Å². The summed E-state index contributed by atoms with van der Waals surface area (Å²) in [4.78, 5) is 27.5. The molecule has 0 radical (unpaired) electrons. The summed E-state index contributed by atoms with van der Waals surface area (Å²) in [7, 11) is 1.81. The maximum Gasteiger partial charge on any atom is 0.326 e. The van der Waals surface area contributed by atoms with Gasteiger partial charge < -0.3 is 20.2 Å². The Morgan fingerprint density at radius 1 is 1.29 bits per heavy atom. The van der Waals surface area contributed by atoms with Gasteiger partial charge in [-0.05, 0) is 44.7 Å². The molecule has 0 aliphatic carbocycles. The number of hydrogen-bond acceptors (Lipinski definition) is 3. The van der Waals surface area contributed by atoms with Crippen molar-refractivity contribution in [3.63, 3.8) is 0 Å².